The summed E-state index contributed by atoms with van der Waals surface area (Å²) >= 11 is 0. The highest BCUT2D eigenvalue weighted by Crippen LogP contribution is 2.54. The number of rotatable bonds is 4. The summed E-state index contributed by atoms with van der Waals surface area (Å²) in [7, 11) is 0. The third-order valence-corrected chi connectivity index (χ3v) is 4.43. The first-order valence-corrected chi connectivity index (χ1v) is 7.17. The minimum absolute atomic E-state index is 0.129. The predicted octanol–water partition coefficient (Wildman–Crippen LogP) is 2.58. The summed E-state index contributed by atoms with van der Waals surface area (Å²) in [5.41, 5.74) is -0.0815. The van der Waals surface area contributed by atoms with Gasteiger partial charge in [0.1, 0.15) is 17.3 Å². The molecule has 0 radical (unpaired) electrons. The van der Waals surface area contributed by atoms with Gasteiger partial charge in [0, 0.05) is 0 Å². The molecule has 4 nitrogen and oxygen atoms in total. The molecule has 3 rings (SSSR count). The SMILES string of the molecule is CCOc1cccc(C(O)C2(C#N)CC3CCC2O3)c1. The quantitative estimate of drug-likeness (QED) is 0.915. The van der Waals surface area contributed by atoms with Gasteiger partial charge in [-0.3, -0.25) is 0 Å². The van der Waals surface area contributed by atoms with Gasteiger partial charge in [0.05, 0.1) is 24.9 Å². The summed E-state index contributed by atoms with van der Waals surface area (Å²) in [6.45, 7) is 2.50. The summed E-state index contributed by atoms with van der Waals surface area (Å²) in [5.74, 6) is 0.723. The van der Waals surface area contributed by atoms with E-state index in [4.69, 9.17) is 9.47 Å². The molecule has 1 aromatic rings. The second kappa shape index (κ2) is 5.08. The number of aliphatic hydroxyl groups excluding tert-OH is 1. The Bertz CT molecular complexity index is 539. The maximum atomic E-state index is 10.7. The molecule has 0 saturated carbocycles. The molecule has 2 saturated heterocycles. The van der Waals surface area contributed by atoms with Crippen molar-refractivity contribution in [3.8, 4) is 11.8 Å². The van der Waals surface area contributed by atoms with Crippen LogP contribution in [0.1, 0.15) is 37.9 Å². The fourth-order valence-corrected chi connectivity index (χ4v) is 3.45. The third-order valence-electron chi connectivity index (χ3n) is 4.43. The Balaban J connectivity index is 1.90. The molecule has 2 bridgehead atoms. The normalized spacial score (nSPS) is 32.9. The van der Waals surface area contributed by atoms with Crippen molar-refractivity contribution >= 4 is 0 Å². The summed E-state index contributed by atoms with van der Waals surface area (Å²) in [6, 6.07) is 9.71. The van der Waals surface area contributed by atoms with Crippen LogP contribution in [0.25, 0.3) is 0 Å². The molecule has 0 spiro atoms. The summed E-state index contributed by atoms with van der Waals surface area (Å²) in [4.78, 5) is 0. The molecule has 20 heavy (non-hydrogen) atoms. The minimum atomic E-state index is -0.830. The third kappa shape index (κ3) is 1.98. The molecule has 2 aliphatic heterocycles. The van der Waals surface area contributed by atoms with Gasteiger partial charge in [0.15, 0.2) is 0 Å². The van der Waals surface area contributed by atoms with Crippen molar-refractivity contribution in [2.24, 2.45) is 5.41 Å². The molecule has 2 heterocycles. The van der Waals surface area contributed by atoms with Crippen molar-refractivity contribution in [2.75, 3.05) is 6.61 Å². The van der Waals surface area contributed by atoms with Gasteiger partial charge in [-0.05, 0) is 43.9 Å². The van der Waals surface area contributed by atoms with Crippen molar-refractivity contribution in [1.29, 1.82) is 5.26 Å². The molecule has 1 N–H and O–H groups in total. The molecule has 4 unspecified atom stereocenters. The van der Waals surface area contributed by atoms with Crippen molar-refractivity contribution in [3.63, 3.8) is 0 Å². The first-order chi connectivity index (χ1) is 9.69. The zero-order chi connectivity index (χ0) is 14.2. The molecule has 0 aromatic heterocycles. The highest BCUT2D eigenvalue weighted by Gasteiger charge is 2.57. The Kier molecular flexibility index (Phi) is 3.41. The van der Waals surface area contributed by atoms with Crippen molar-refractivity contribution in [2.45, 2.75) is 44.5 Å². The number of nitrogens with zero attached hydrogens (tertiary/aromatic N) is 1. The van der Waals surface area contributed by atoms with Crippen LogP contribution in [0.3, 0.4) is 0 Å². The number of nitriles is 1. The lowest BCUT2D eigenvalue weighted by atomic mass is 9.69. The lowest BCUT2D eigenvalue weighted by Crippen LogP contribution is -2.37. The molecule has 1 aromatic carbocycles. The lowest BCUT2D eigenvalue weighted by molar-refractivity contribution is 0.00331. The van der Waals surface area contributed by atoms with Crippen LogP contribution in [0.5, 0.6) is 5.75 Å². The van der Waals surface area contributed by atoms with E-state index in [2.05, 4.69) is 6.07 Å². The second-order valence-corrected chi connectivity index (χ2v) is 5.59. The van der Waals surface area contributed by atoms with E-state index in [1.807, 2.05) is 31.2 Å². The smallest absolute Gasteiger partial charge is 0.119 e. The molecule has 106 valence electrons. The number of ether oxygens (including phenoxy) is 2. The average molecular weight is 273 g/mol. The number of benzene rings is 1. The van der Waals surface area contributed by atoms with E-state index in [9.17, 15) is 10.4 Å². The molecular formula is C16H19NO3. The zero-order valence-corrected chi connectivity index (χ0v) is 11.6. The fourth-order valence-electron chi connectivity index (χ4n) is 3.45. The van der Waals surface area contributed by atoms with Gasteiger partial charge in [-0.1, -0.05) is 12.1 Å². The first kappa shape index (κ1) is 13.4. The van der Waals surface area contributed by atoms with Gasteiger partial charge in [0.25, 0.3) is 0 Å². The van der Waals surface area contributed by atoms with Crippen LogP contribution >= 0.6 is 0 Å². The van der Waals surface area contributed by atoms with Gasteiger partial charge in [-0.25, -0.2) is 0 Å². The summed E-state index contributed by atoms with van der Waals surface area (Å²) in [6.07, 6.45) is 1.63. The zero-order valence-electron chi connectivity index (χ0n) is 11.6. The van der Waals surface area contributed by atoms with Crippen LogP contribution in [0.15, 0.2) is 24.3 Å². The number of hydrogen-bond donors (Lipinski definition) is 1. The van der Waals surface area contributed by atoms with Crippen LogP contribution in [0.4, 0.5) is 0 Å². The number of hydrogen-bond acceptors (Lipinski definition) is 4. The van der Waals surface area contributed by atoms with E-state index < -0.39 is 11.5 Å². The Hall–Kier alpha value is -1.57. The van der Waals surface area contributed by atoms with E-state index >= 15 is 0 Å². The Labute approximate surface area is 118 Å². The van der Waals surface area contributed by atoms with E-state index in [-0.39, 0.29) is 12.2 Å². The molecule has 4 atom stereocenters. The lowest BCUT2D eigenvalue weighted by Gasteiger charge is -2.33. The molecule has 4 heteroatoms. The summed E-state index contributed by atoms with van der Waals surface area (Å²) in [5, 5.41) is 20.3. The number of fused-ring (bicyclic) bond motifs is 2. The van der Waals surface area contributed by atoms with Gasteiger partial charge < -0.3 is 14.6 Å². The molecule has 0 aliphatic carbocycles. The molecular weight excluding hydrogens is 254 g/mol. The average Bonchev–Trinajstić information content (AvgIpc) is 3.08. The van der Waals surface area contributed by atoms with E-state index in [0.29, 0.717) is 13.0 Å². The van der Waals surface area contributed by atoms with Gasteiger partial charge in [-0.2, -0.15) is 5.26 Å². The first-order valence-electron chi connectivity index (χ1n) is 7.17. The monoisotopic (exact) mass is 273 g/mol. The highest BCUT2D eigenvalue weighted by atomic mass is 16.5. The fraction of sp³-hybridized carbons (Fsp3) is 0.562. The number of aliphatic hydroxyl groups is 1. The van der Waals surface area contributed by atoms with Crippen LogP contribution in [-0.2, 0) is 4.74 Å². The predicted molar refractivity (Wildman–Crippen MR) is 73.1 cm³/mol. The van der Waals surface area contributed by atoms with Crippen molar-refractivity contribution < 1.29 is 14.6 Å². The van der Waals surface area contributed by atoms with Crippen LogP contribution in [0.2, 0.25) is 0 Å². The van der Waals surface area contributed by atoms with Gasteiger partial charge in [0.2, 0.25) is 0 Å². The minimum Gasteiger partial charge on any atom is -0.494 e. The Morgan fingerprint density at radius 1 is 1.55 bits per heavy atom. The second-order valence-electron chi connectivity index (χ2n) is 5.59. The van der Waals surface area contributed by atoms with E-state index in [1.165, 1.54) is 0 Å². The highest BCUT2D eigenvalue weighted by molar-refractivity contribution is 5.33. The summed E-state index contributed by atoms with van der Waals surface area (Å²) < 4.78 is 11.2. The molecule has 2 fully saturated rings. The standard InChI is InChI=1S/C16H19NO3/c1-2-19-12-5-3-4-11(8-12)15(18)16(10-17)9-13-6-7-14(16)20-13/h3-5,8,13-15,18H,2,6-7,9H2,1H3. The van der Waals surface area contributed by atoms with E-state index in [0.717, 1.165) is 24.2 Å². The largest absolute Gasteiger partial charge is 0.494 e. The van der Waals surface area contributed by atoms with Crippen molar-refractivity contribution in [1.82, 2.24) is 0 Å². The molecule has 0 amide bonds. The topological polar surface area (TPSA) is 62.5 Å². The van der Waals surface area contributed by atoms with Gasteiger partial charge >= 0.3 is 0 Å². The maximum absolute atomic E-state index is 10.7. The molecule has 2 aliphatic rings. The van der Waals surface area contributed by atoms with Crippen LogP contribution < -0.4 is 4.74 Å². The van der Waals surface area contributed by atoms with Crippen molar-refractivity contribution in [3.05, 3.63) is 29.8 Å². The van der Waals surface area contributed by atoms with Gasteiger partial charge in [-0.15, -0.1) is 0 Å². The Morgan fingerprint density at radius 3 is 3.00 bits per heavy atom. The Morgan fingerprint density at radius 2 is 2.40 bits per heavy atom. The van der Waals surface area contributed by atoms with E-state index in [1.54, 1.807) is 0 Å². The van der Waals surface area contributed by atoms with Crippen LogP contribution in [-0.4, -0.2) is 23.9 Å². The maximum Gasteiger partial charge on any atom is 0.119 e. The van der Waals surface area contributed by atoms with Crippen LogP contribution in [0, 0.1) is 16.7 Å².